The van der Waals surface area contributed by atoms with E-state index >= 15 is 0 Å². The number of nitrogens with zero attached hydrogens (tertiary/aromatic N) is 3. The topological polar surface area (TPSA) is 83.2 Å². The van der Waals surface area contributed by atoms with E-state index in [9.17, 15) is 4.79 Å². The van der Waals surface area contributed by atoms with Gasteiger partial charge in [-0.1, -0.05) is 18.2 Å². The highest BCUT2D eigenvalue weighted by molar-refractivity contribution is 5.80. The SMILES string of the molecule is CN=C(NCC(c1ccccc1OC)N(C)C)N1CCCC(CC(N)=O)C1. The molecule has 0 aliphatic carbocycles. The van der Waals surface area contributed by atoms with Gasteiger partial charge in [0.2, 0.25) is 5.91 Å². The van der Waals surface area contributed by atoms with Gasteiger partial charge in [-0.2, -0.15) is 0 Å². The number of ether oxygens (including phenoxy) is 1. The molecule has 1 saturated heterocycles. The lowest BCUT2D eigenvalue weighted by Gasteiger charge is -2.36. The van der Waals surface area contributed by atoms with Crippen LogP contribution in [0.2, 0.25) is 0 Å². The van der Waals surface area contributed by atoms with E-state index in [1.165, 1.54) is 0 Å². The van der Waals surface area contributed by atoms with Gasteiger partial charge in [0, 0.05) is 38.7 Å². The molecule has 7 nitrogen and oxygen atoms in total. The molecule has 2 atom stereocenters. The van der Waals surface area contributed by atoms with Crippen LogP contribution in [-0.4, -0.2) is 69.6 Å². The van der Waals surface area contributed by atoms with Crippen LogP contribution in [0.3, 0.4) is 0 Å². The monoisotopic (exact) mass is 375 g/mol. The molecule has 1 aliphatic heterocycles. The van der Waals surface area contributed by atoms with Crippen molar-refractivity contribution in [3.05, 3.63) is 29.8 Å². The highest BCUT2D eigenvalue weighted by Crippen LogP contribution is 2.27. The molecule has 150 valence electrons. The molecule has 27 heavy (non-hydrogen) atoms. The van der Waals surface area contributed by atoms with Crippen LogP contribution < -0.4 is 15.8 Å². The van der Waals surface area contributed by atoms with E-state index in [2.05, 4.69) is 40.3 Å². The highest BCUT2D eigenvalue weighted by Gasteiger charge is 2.25. The summed E-state index contributed by atoms with van der Waals surface area (Å²) in [7, 11) is 7.62. The smallest absolute Gasteiger partial charge is 0.217 e. The van der Waals surface area contributed by atoms with Crippen molar-refractivity contribution in [2.75, 3.05) is 47.9 Å². The van der Waals surface area contributed by atoms with Crippen LogP contribution in [0.15, 0.2) is 29.3 Å². The molecule has 1 heterocycles. The van der Waals surface area contributed by atoms with Crippen molar-refractivity contribution in [1.82, 2.24) is 15.1 Å². The average molecular weight is 376 g/mol. The molecule has 0 radical (unpaired) electrons. The molecule has 0 saturated carbocycles. The third-order valence-electron chi connectivity index (χ3n) is 5.09. The number of aliphatic imine (C=N–C) groups is 1. The maximum atomic E-state index is 11.3. The molecule has 1 fully saturated rings. The van der Waals surface area contributed by atoms with Gasteiger partial charge >= 0.3 is 0 Å². The summed E-state index contributed by atoms with van der Waals surface area (Å²) in [5.41, 5.74) is 6.52. The lowest BCUT2D eigenvalue weighted by molar-refractivity contribution is -0.119. The Morgan fingerprint density at radius 1 is 1.44 bits per heavy atom. The number of piperidine rings is 1. The second-order valence-corrected chi connectivity index (χ2v) is 7.27. The number of nitrogens with one attached hydrogen (secondary N) is 1. The van der Waals surface area contributed by atoms with Crippen molar-refractivity contribution < 1.29 is 9.53 Å². The number of likely N-dealkylation sites (N-methyl/N-ethyl adjacent to an activating group) is 1. The van der Waals surface area contributed by atoms with E-state index in [-0.39, 0.29) is 11.9 Å². The number of hydrogen-bond donors (Lipinski definition) is 2. The largest absolute Gasteiger partial charge is 0.496 e. The summed E-state index contributed by atoms with van der Waals surface area (Å²) in [5.74, 6) is 1.82. The van der Waals surface area contributed by atoms with Crippen molar-refractivity contribution >= 4 is 11.9 Å². The minimum Gasteiger partial charge on any atom is -0.496 e. The van der Waals surface area contributed by atoms with Crippen LogP contribution in [0.1, 0.15) is 30.9 Å². The van der Waals surface area contributed by atoms with Gasteiger partial charge in [-0.3, -0.25) is 9.79 Å². The van der Waals surface area contributed by atoms with Crippen LogP contribution in [-0.2, 0) is 4.79 Å². The third-order valence-corrected chi connectivity index (χ3v) is 5.09. The summed E-state index contributed by atoms with van der Waals surface area (Å²) >= 11 is 0. The van der Waals surface area contributed by atoms with E-state index in [1.807, 2.05) is 18.2 Å². The predicted molar refractivity (Wildman–Crippen MR) is 109 cm³/mol. The van der Waals surface area contributed by atoms with Gasteiger partial charge < -0.3 is 25.6 Å². The first-order valence-electron chi connectivity index (χ1n) is 9.49. The summed E-state index contributed by atoms with van der Waals surface area (Å²) in [6.45, 7) is 2.46. The predicted octanol–water partition coefficient (Wildman–Crippen LogP) is 1.46. The Hall–Kier alpha value is -2.28. The Kier molecular flexibility index (Phi) is 7.91. The van der Waals surface area contributed by atoms with Gasteiger partial charge in [0.25, 0.3) is 0 Å². The van der Waals surface area contributed by atoms with Crippen LogP contribution in [0, 0.1) is 5.92 Å². The summed E-state index contributed by atoms with van der Waals surface area (Å²) in [5, 5.41) is 3.51. The first kappa shape index (κ1) is 21.0. The molecule has 3 N–H and O–H groups in total. The zero-order valence-electron chi connectivity index (χ0n) is 16.9. The minimum absolute atomic E-state index is 0.143. The van der Waals surface area contributed by atoms with E-state index in [4.69, 9.17) is 10.5 Å². The van der Waals surface area contributed by atoms with Crippen molar-refractivity contribution in [2.45, 2.75) is 25.3 Å². The number of carbonyl (C=O) groups is 1. The fourth-order valence-corrected chi connectivity index (χ4v) is 3.74. The summed E-state index contributed by atoms with van der Waals surface area (Å²) in [6.07, 6.45) is 2.52. The van der Waals surface area contributed by atoms with Gasteiger partial charge in [0.15, 0.2) is 5.96 Å². The molecule has 2 unspecified atom stereocenters. The number of rotatable bonds is 7. The van der Waals surface area contributed by atoms with Crippen LogP contribution in [0.5, 0.6) is 5.75 Å². The number of methoxy groups -OCH3 is 1. The molecular weight excluding hydrogens is 342 g/mol. The number of benzene rings is 1. The number of primary amides is 1. The molecule has 2 rings (SSSR count). The summed E-state index contributed by atoms with van der Waals surface area (Å²) in [4.78, 5) is 20.1. The van der Waals surface area contributed by atoms with E-state index < -0.39 is 0 Å². The molecule has 0 spiro atoms. The Morgan fingerprint density at radius 2 is 2.19 bits per heavy atom. The average Bonchev–Trinajstić information content (AvgIpc) is 2.65. The molecule has 1 aliphatic rings. The van der Waals surface area contributed by atoms with Crippen molar-refractivity contribution in [2.24, 2.45) is 16.6 Å². The van der Waals surface area contributed by atoms with Gasteiger partial charge in [0.1, 0.15) is 5.75 Å². The van der Waals surface area contributed by atoms with Crippen LogP contribution in [0.25, 0.3) is 0 Å². The summed E-state index contributed by atoms with van der Waals surface area (Å²) < 4.78 is 5.54. The molecular formula is C20H33N5O2. The number of nitrogens with two attached hydrogens (primary N) is 1. The van der Waals surface area contributed by atoms with E-state index in [0.29, 0.717) is 18.9 Å². The first-order chi connectivity index (χ1) is 13.0. The molecule has 1 aromatic carbocycles. The maximum absolute atomic E-state index is 11.3. The fraction of sp³-hybridized carbons (Fsp3) is 0.600. The second-order valence-electron chi connectivity index (χ2n) is 7.27. The number of carbonyl (C=O) groups excluding carboxylic acids is 1. The number of likely N-dealkylation sites (tertiary alicyclic amines) is 1. The fourth-order valence-electron chi connectivity index (χ4n) is 3.74. The van der Waals surface area contributed by atoms with Crippen LogP contribution >= 0.6 is 0 Å². The molecule has 0 bridgehead atoms. The Balaban J connectivity index is 2.05. The zero-order chi connectivity index (χ0) is 19.8. The normalized spacial score (nSPS) is 19.1. The van der Waals surface area contributed by atoms with Gasteiger partial charge in [0.05, 0.1) is 13.2 Å². The minimum atomic E-state index is -0.228. The third kappa shape index (κ3) is 5.85. The molecule has 1 amide bonds. The quantitative estimate of drug-likeness (QED) is 0.557. The van der Waals surface area contributed by atoms with Crippen molar-refractivity contribution in [3.8, 4) is 5.75 Å². The van der Waals surface area contributed by atoms with Crippen molar-refractivity contribution in [3.63, 3.8) is 0 Å². The Bertz CT molecular complexity index is 647. The standard InChI is InChI=1S/C20H33N5O2/c1-22-20(25-11-7-8-15(14-25)12-19(21)26)23-13-17(24(2)3)16-9-5-6-10-18(16)27-4/h5-6,9-10,15,17H,7-8,11-14H2,1-4H3,(H2,21,26)(H,22,23). The lowest BCUT2D eigenvalue weighted by atomic mass is 9.95. The molecule has 1 aromatic rings. The van der Waals surface area contributed by atoms with Crippen molar-refractivity contribution in [1.29, 1.82) is 0 Å². The zero-order valence-corrected chi connectivity index (χ0v) is 16.9. The summed E-state index contributed by atoms with van der Waals surface area (Å²) in [6, 6.07) is 8.23. The number of amides is 1. The first-order valence-corrected chi connectivity index (χ1v) is 9.49. The van der Waals surface area contributed by atoms with Gasteiger partial charge in [-0.15, -0.1) is 0 Å². The Labute approximate surface area is 162 Å². The maximum Gasteiger partial charge on any atom is 0.217 e. The van der Waals surface area contributed by atoms with Gasteiger partial charge in [-0.05, 0) is 38.9 Å². The number of hydrogen-bond acceptors (Lipinski definition) is 4. The van der Waals surface area contributed by atoms with E-state index in [0.717, 1.165) is 43.2 Å². The number of para-hydroxylation sites is 1. The van der Waals surface area contributed by atoms with Gasteiger partial charge in [-0.25, -0.2) is 0 Å². The lowest BCUT2D eigenvalue weighted by Crippen LogP contribution is -2.48. The Morgan fingerprint density at radius 3 is 2.81 bits per heavy atom. The molecule has 7 heteroatoms. The van der Waals surface area contributed by atoms with Crippen LogP contribution in [0.4, 0.5) is 0 Å². The second kappa shape index (κ2) is 10.2. The number of guanidine groups is 1. The highest BCUT2D eigenvalue weighted by atomic mass is 16.5. The molecule has 0 aromatic heterocycles. The van der Waals surface area contributed by atoms with E-state index in [1.54, 1.807) is 14.2 Å².